The number of nitrogens with zero attached hydrogens (tertiary/aromatic N) is 2. The lowest BCUT2D eigenvalue weighted by Crippen LogP contribution is -2.52. The van der Waals surface area contributed by atoms with Crippen LogP contribution in [-0.2, 0) is 32.3 Å². The summed E-state index contributed by atoms with van der Waals surface area (Å²) in [7, 11) is -4.58. The van der Waals surface area contributed by atoms with E-state index >= 15 is 0 Å². The van der Waals surface area contributed by atoms with Crippen molar-refractivity contribution in [2.45, 2.75) is 63.7 Å². The number of amides is 2. The fourth-order valence-corrected chi connectivity index (χ4v) is 6.31. The highest BCUT2D eigenvalue weighted by molar-refractivity contribution is 7.92. The third-order valence-corrected chi connectivity index (χ3v) is 9.43. The van der Waals surface area contributed by atoms with Gasteiger partial charge in [0, 0.05) is 18.1 Å². The van der Waals surface area contributed by atoms with Gasteiger partial charge in [0.25, 0.3) is 10.0 Å². The van der Waals surface area contributed by atoms with Gasteiger partial charge in [0.2, 0.25) is 11.8 Å². The molecule has 2 amide bonds. The number of nitrogens with one attached hydrogen (secondary N) is 1. The lowest BCUT2D eigenvalue weighted by Gasteiger charge is -2.33. The number of hydrogen-bond donors (Lipinski definition) is 1. The number of sulfonamides is 1. The SMILES string of the molecule is CCCCNC(=O)C(CC)N(Cc1ccccc1Cl)C(=O)CN(c1ccc(Cl)c(C(F)(F)F)c1)S(=O)(=O)c1ccc(C)cc1. The molecule has 13 heteroatoms. The van der Waals surface area contributed by atoms with E-state index in [0.29, 0.717) is 33.9 Å². The van der Waals surface area contributed by atoms with Gasteiger partial charge in [0.05, 0.1) is 21.2 Å². The topological polar surface area (TPSA) is 86.8 Å². The summed E-state index contributed by atoms with van der Waals surface area (Å²) in [5.74, 6) is -1.26. The minimum Gasteiger partial charge on any atom is -0.354 e. The van der Waals surface area contributed by atoms with Crippen LogP contribution < -0.4 is 9.62 Å². The van der Waals surface area contributed by atoms with E-state index in [4.69, 9.17) is 23.2 Å². The minimum atomic E-state index is -4.89. The second-order valence-electron chi connectivity index (χ2n) is 10.2. The molecule has 3 rings (SSSR count). The van der Waals surface area contributed by atoms with E-state index in [-0.39, 0.29) is 17.9 Å². The molecule has 7 nitrogen and oxygen atoms in total. The molecular formula is C31H34Cl2F3N3O4S. The monoisotopic (exact) mass is 671 g/mol. The molecule has 0 aliphatic carbocycles. The average molecular weight is 673 g/mol. The first kappa shape index (κ1) is 35.2. The van der Waals surface area contributed by atoms with Gasteiger partial charge in [0.15, 0.2) is 0 Å². The summed E-state index contributed by atoms with van der Waals surface area (Å²) in [6, 6.07) is 14.0. The molecule has 0 spiro atoms. The molecule has 0 saturated carbocycles. The summed E-state index contributed by atoms with van der Waals surface area (Å²) in [4.78, 5) is 28.3. The molecule has 0 saturated heterocycles. The van der Waals surface area contributed by atoms with E-state index in [1.54, 1.807) is 38.1 Å². The van der Waals surface area contributed by atoms with E-state index in [1.165, 1.54) is 29.2 Å². The van der Waals surface area contributed by atoms with Crippen molar-refractivity contribution < 1.29 is 31.2 Å². The number of hydrogen-bond acceptors (Lipinski definition) is 4. The highest BCUT2D eigenvalue weighted by Crippen LogP contribution is 2.38. The number of unbranched alkanes of at least 4 members (excludes halogenated alkanes) is 1. The number of carbonyl (C=O) groups excluding carboxylic acids is 2. The zero-order valence-corrected chi connectivity index (χ0v) is 26.8. The Morgan fingerprint density at radius 3 is 2.20 bits per heavy atom. The van der Waals surface area contributed by atoms with Crippen molar-refractivity contribution in [1.82, 2.24) is 10.2 Å². The van der Waals surface area contributed by atoms with E-state index < -0.39 is 56.9 Å². The maximum atomic E-state index is 14.1. The van der Waals surface area contributed by atoms with Crippen LogP contribution in [0.2, 0.25) is 10.0 Å². The Morgan fingerprint density at radius 2 is 1.61 bits per heavy atom. The first-order valence-corrected chi connectivity index (χ1v) is 16.2. The lowest BCUT2D eigenvalue weighted by molar-refractivity contribution is -0.140. The molecule has 238 valence electrons. The van der Waals surface area contributed by atoms with Crippen LogP contribution >= 0.6 is 23.2 Å². The fraction of sp³-hybridized carbons (Fsp3) is 0.355. The van der Waals surface area contributed by atoms with Crippen molar-refractivity contribution >= 4 is 50.7 Å². The van der Waals surface area contributed by atoms with Crippen LogP contribution in [0.5, 0.6) is 0 Å². The molecule has 0 heterocycles. The van der Waals surface area contributed by atoms with Crippen molar-refractivity contribution in [1.29, 1.82) is 0 Å². The molecule has 0 radical (unpaired) electrons. The Hall–Kier alpha value is -3.28. The Balaban J connectivity index is 2.14. The molecule has 1 N–H and O–H groups in total. The summed E-state index contributed by atoms with van der Waals surface area (Å²) in [5.41, 5.74) is -0.430. The predicted octanol–water partition coefficient (Wildman–Crippen LogP) is 7.24. The standard InChI is InChI=1S/C31H34Cl2F3N3O4S/c1-4-6-17-37-30(41)28(5-2)38(19-22-9-7-8-10-26(22)32)29(40)20-39(44(42,43)24-14-11-21(3)12-15-24)23-13-16-27(33)25(18-23)31(34,35)36/h7-16,18,28H,4-6,17,19-20H2,1-3H3,(H,37,41). The van der Waals surface area contributed by atoms with Crippen LogP contribution in [0.15, 0.2) is 71.6 Å². The van der Waals surface area contributed by atoms with Crippen molar-refractivity contribution in [2.24, 2.45) is 0 Å². The third-order valence-electron chi connectivity index (χ3n) is 6.95. The second kappa shape index (κ2) is 15.1. The van der Waals surface area contributed by atoms with Crippen LogP contribution in [0.4, 0.5) is 18.9 Å². The van der Waals surface area contributed by atoms with E-state index in [2.05, 4.69) is 5.32 Å². The third kappa shape index (κ3) is 8.67. The van der Waals surface area contributed by atoms with Crippen LogP contribution in [0.25, 0.3) is 0 Å². The number of anilines is 1. The summed E-state index contributed by atoms with van der Waals surface area (Å²) >= 11 is 12.2. The Labute approximate surface area is 266 Å². The summed E-state index contributed by atoms with van der Waals surface area (Å²) in [6.45, 7) is 4.73. The molecule has 44 heavy (non-hydrogen) atoms. The minimum absolute atomic E-state index is 0.148. The maximum absolute atomic E-state index is 14.1. The van der Waals surface area contributed by atoms with Crippen molar-refractivity contribution in [3.8, 4) is 0 Å². The van der Waals surface area contributed by atoms with E-state index in [0.717, 1.165) is 24.1 Å². The van der Waals surface area contributed by atoms with Crippen molar-refractivity contribution in [3.63, 3.8) is 0 Å². The molecule has 0 aliphatic rings. The highest BCUT2D eigenvalue weighted by atomic mass is 35.5. The maximum Gasteiger partial charge on any atom is 0.417 e. The molecule has 3 aromatic rings. The van der Waals surface area contributed by atoms with Crippen molar-refractivity contribution in [2.75, 3.05) is 17.4 Å². The van der Waals surface area contributed by atoms with Gasteiger partial charge < -0.3 is 10.2 Å². The van der Waals surface area contributed by atoms with Gasteiger partial charge in [-0.25, -0.2) is 8.42 Å². The lowest BCUT2D eigenvalue weighted by atomic mass is 10.1. The smallest absolute Gasteiger partial charge is 0.354 e. The predicted molar refractivity (Wildman–Crippen MR) is 166 cm³/mol. The zero-order valence-electron chi connectivity index (χ0n) is 24.5. The molecular weight excluding hydrogens is 638 g/mol. The fourth-order valence-electron chi connectivity index (χ4n) is 4.49. The first-order valence-electron chi connectivity index (χ1n) is 14.0. The van der Waals surface area contributed by atoms with Gasteiger partial charge in [0.1, 0.15) is 12.6 Å². The van der Waals surface area contributed by atoms with Gasteiger partial charge in [-0.3, -0.25) is 13.9 Å². The van der Waals surface area contributed by atoms with Crippen molar-refractivity contribution in [3.05, 3.63) is 93.5 Å². The number of rotatable bonds is 13. The number of aryl methyl sites for hydroxylation is 1. The molecule has 0 bridgehead atoms. The molecule has 0 fully saturated rings. The van der Waals surface area contributed by atoms with Crippen LogP contribution in [0, 0.1) is 6.92 Å². The number of alkyl halides is 3. The number of halogens is 5. The Kier molecular flexibility index (Phi) is 12.1. The van der Waals surface area contributed by atoms with Crippen LogP contribution in [0.3, 0.4) is 0 Å². The summed E-state index contributed by atoms with van der Waals surface area (Å²) < 4.78 is 69.9. The van der Waals surface area contributed by atoms with Crippen LogP contribution in [0.1, 0.15) is 49.8 Å². The van der Waals surface area contributed by atoms with Gasteiger partial charge in [-0.05, 0) is 61.7 Å². The summed E-state index contributed by atoms with van der Waals surface area (Å²) in [5, 5.41) is 2.50. The van der Waals surface area contributed by atoms with Gasteiger partial charge >= 0.3 is 6.18 Å². The highest BCUT2D eigenvalue weighted by Gasteiger charge is 2.37. The second-order valence-corrected chi connectivity index (χ2v) is 12.8. The normalized spacial score (nSPS) is 12.5. The molecule has 0 aliphatic heterocycles. The summed E-state index contributed by atoms with van der Waals surface area (Å²) in [6.07, 6.45) is -3.18. The number of benzene rings is 3. The van der Waals surface area contributed by atoms with Crippen LogP contribution in [-0.4, -0.2) is 44.3 Å². The Morgan fingerprint density at radius 1 is 0.955 bits per heavy atom. The molecule has 3 aromatic carbocycles. The van der Waals surface area contributed by atoms with Gasteiger partial charge in [-0.1, -0.05) is 79.4 Å². The number of carbonyl (C=O) groups is 2. The zero-order chi connectivity index (χ0) is 32.7. The van der Waals surface area contributed by atoms with E-state index in [9.17, 15) is 31.2 Å². The van der Waals surface area contributed by atoms with Gasteiger partial charge in [-0.2, -0.15) is 13.2 Å². The molecule has 0 aromatic heterocycles. The molecule has 1 unspecified atom stereocenters. The van der Waals surface area contributed by atoms with Gasteiger partial charge in [-0.15, -0.1) is 0 Å². The van der Waals surface area contributed by atoms with E-state index in [1.807, 2.05) is 6.92 Å². The Bertz CT molecular complexity index is 1570. The quantitative estimate of drug-likeness (QED) is 0.194. The molecule has 1 atom stereocenters. The average Bonchev–Trinajstić information content (AvgIpc) is 2.96. The first-order chi connectivity index (χ1) is 20.7. The largest absolute Gasteiger partial charge is 0.417 e.